The Morgan fingerprint density at radius 2 is 2.33 bits per heavy atom. The lowest BCUT2D eigenvalue weighted by Gasteiger charge is -1.72. The summed E-state index contributed by atoms with van der Waals surface area (Å²) in [5.74, 6) is 0. The number of rotatable bonds is 0. The monoisotopic (exact) mass is 177 g/mol. The van der Waals surface area contributed by atoms with E-state index < -0.39 is 0 Å². The standard InChI is InChI=1S/C10H11NS/c1-3-10-6-8-12-9(2)5-4-7-11-10/h3-8H,2H2,1H3/b5-4?,8-6?,10-3-,11-7?. The second-order valence-corrected chi connectivity index (χ2v) is 3.27. The van der Waals surface area contributed by atoms with Crippen molar-refractivity contribution in [1.29, 1.82) is 0 Å². The number of nitrogens with zero attached hydrogens (tertiary/aromatic N) is 1. The first-order chi connectivity index (χ1) is 5.83. The van der Waals surface area contributed by atoms with Crippen molar-refractivity contribution in [3.8, 4) is 0 Å². The van der Waals surface area contributed by atoms with Crippen molar-refractivity contribution in [3.05, 3.63) is 39.7 Å². The molecule has 1 heterocycles. The predicted molar refractivity (Wildman–Crippen MR) is 54.7 cm³/mol. The van der Waals surface area contributed by atoms with Gasteiger partial charge in [0.15, 0.2) is 0 Å². The fourth-order valence-electron chi connectivity index (χ4n) is 0.724. The zero-order valence-corrected chi connectivity index (χ0v) is 7.84. The number of hydrogen-bond donors (Lipinski definition) is 0. The van der Waals surface area contributed by atoms with Gasteiger partial charge < -0.3 is 0 Å². The molecule has 0 atom stereocenters. The topological polar surface area (TPSA) is 12.9 Å². The third kappa shape index (κ3) is 2.84. The SMILES string of the molecule is C=c1cccn/c(=C\C)ccs1. The van der Waals surface area contributed by atoms with Gasteiger partial charge in [0, 0.05) is 10.7 Å². The van der Waals surface area contributed by atoms with Crippen LogP contribution in [0.25, 0.3) is 12.7 Å². The Labute approximate surface area is 76.0 Å². The minimum atomic E-state index is 0.974. The predicted octanol–water partition coefficient (Wildman–Crippen LogP) is 1.48. The minimum Gasteiger partial charge on any atom is -0.257 e. The quantitative estimate of drug-likeness (QED) is 0.585. The Morgan fingerprint density at radius 3 is 3.08 bits per heavy atom. The van der Waals surface area contributed by atoms with Crippen LogP contribution in [0.5, 0.6) is 0 Å². The summed E-state index contributed by atoms with van der Waals surface area (Å²) < 4.78 is 1.02. The third-order valence-corrected chi connectivity index (χ3v) is 2.06. The van der Waals surface area contributed by atoms with E-state index in [4.69, 9.17) is 0 Å². The average molecular weight is 177 g/mol. The van der Waals surface area contributed by atoms with E-state index in [-0.39, 0.29) is 0 Å². The van der Waals surface area contributed by atoms with E-state index >= 15 is 0 Å². The van der Waals surface area contributed by atoms with Crippen LogP contribution < -0.4 is 9.88 Å². The van der Waals surface area contributed by atoms with E-state index in [0.717, 1.165) is 9.88 Å². The van der Waals surface area contributed by atoms with Gasteiger partial charge in [0.1, 0.15) is 0 Å². The number of aromatic nitrogens is 1. The molecular weight excluding hydrogens is 166 g/mol. The molecule has 0 unspecified atom stereocenters. The van der Waals surface area contributed by atoms with Crippen molar-refractivity contribution in [2.75, 3.05) is 0 Å². The van der Waals surface area contributed by atoms with Gasteiger partial charge in [0.25, 0.3) is 0 Å². The van der Waals surface area contributed by atoms with Gasteiger partial charge in [-0.1, -0.05) is 12.7 Å². The van der Waals surface area contributed by atoms with Crippen molar-refractivity contribution in [2.24, 2.45) is 0 Å². The first kappa shape index (κ1) is 8.94. The summed E-state index contributed by atoms with van der Waals surface area (Å²) in [5, 5.41) is 2.96. The van der Waals surface area contributed by atoms with Crippen LogP contribution in [0.2, 0.25) is 0 Å². The molecule has 12 heavy (non-hydrogen) atoms. The van der Waals surface area contributed by atoms with Crippen LogP contribution in [0.3, 0.4) is 0 Å². The van der Waals surface area contributed by atoms with Gasteiger partial charge >= 0.3 is 0 Å². The highest BCUT2D eigenvalue weighted by Gasteiger charge is 1.70. The molecule has 0 fully saturated rings. The molecule has 0 bridgehead atoms. The molecule has 0 saturated carbocycles. The van der Waals surface area contributed by atoms with Gasteiger partial charge in [-0.05, 0) is 30.5 Å². The summed E-state index contributed by atoms with van der Waals surface area (Å²) in [6.45, 7) is 5.82. The molecule has 0 aliphatic rings. The lowest BCUT2D eigenvalue weighted by atomic mass is 10.5. The van der Waals surface area contributed by atoms with E-state index in [0.29, 0.717) is 0 Å². The Balaban J connectivity index is 3.44. The molecule has 0 aromatic carbocycles. The minimum absolute atomic E-state index is 0.974. The molecule has 1 rings (SSSR count). The zero-order valence-electron chi connectivity index (χ0n) is 7.03. The highest BCUT2D eigenvalue weighted by Crippen LogP contribution is 1.76. The summed E-state index contributed by atoms with van der Waals surface area (Å²) in [7, 11) is 0. The fourth-order valence-corrected chi connectivity index (χ4v) is 1.26. The van der Waals surface area contributed by atoms with Crippen LogP contribution >= 0.6 is 11.3 Å². The molecule has 1 aromatic rings. The largest absolute Gasteiger partial charge is 0.257 e. The molecule has 1 aromatic heterocycles. The maximum atomic E-state index is 4.20. The fraction of sp³-hybridized carbons (Fsp3) is 0.100. The van der Waals surface area contributed by atoms with E-state index in [1.807, 2.05) is 36.6 Å². The van der Waals surface area contributed by atoms with Gasteiger partial charge in [-0.2, -0.15) is 0 Å². The molecule has 0 amide bonds. The lowest BCUT2D eigenvalue weighted by molar-refractivity contribution is 1.27. The van der Waals surface area contributed by atoms with Crippen LogP contribution in [0, 0.1) is 0 Å². The zero-order chi connectivity index (χ0) is 8.81. The van der Waals surface area contributed by atoms with Gasteiger partial charge in [-0.15, -0.1) is 11.3 Å². The van der Waals surface area contributed by atoms with Crippen LogP contribution in [-0.4, -0.2) is 4.98 Å². The summed E-state index contributed by atoms with van der Waals surface area (Å²) in [4.78, 5) is 4.20. The second kappa shape index (κ2) is 4.67. The molecule has 0 aliphatic carbocycles. The maximum Gasteiger partial charge on any atom is 0.0594 e. The van der Waals surface area contributed by atoms with Gasteiger partial charge in [-0.25, -0.2) is 0 Å². The van der Waals surface area contributed by atoms with E-state index in [1.165, 1.54) is 0 Å². The van der Waals surface area contributed by atoms with E-state index in [2.05, 4.69) is 11.6 Å². The molecule has 0 N–H and O–H groups in total. The van der Waals surface area contributed by atoms with Crippen molar-refractivity contribution in [2.45, 2.75) is 6.92 Å². The Morgan fingerprint density at radius 1 is 1.50 bits per heavy atom. The molecule has 0 spiro atoms. The lowest BCUT2D eigenvalue weighted by Crippen LogP contribution is -1.99. The van der Waals surface area contributed by atoms with Gasteiger partial charge in [-0.3, -0.25) is 4.98 Å². The Bertz CT molecular complexity index is 391. The molecule has 0 radical (unpaired) electrons. The summed E-state index contributed by atoms with van der Waals surface area (Å²) in [6, 6.07) is 5.81. The van der Waals surface area contributed by atoms with Crippen molar-refractivity contribution in [1.82, 2.24) is 4.98 Å². The van der Waals surface area contributed by atoms with Crippen LogP contribution in [0.1, 0.15) is 6.92 Å². The average Bonchev–Trinajstić information content (AvgIpc) is 2.17. The maximum absolute atomic E-state index is 4.20. The molecule has 0 aliphatic heterocycles. The van der Waals surface area contributed by atoms with Crippen molar-refractivity contribution < 1.29 is 0 Å². The Hall–Kier alpha value is -1.15. The molecule has 1 nitrogen and oxygen atoms in total. The van der Waals surface area contributed by atoms with Crippen molar-refractivity contribution >= 4 is 24.0 Å². The first-order valence-corrected chi connectivity index (χ1v) is 4.60. The van der Waals surface area contributed by atoms with E-state index in [1.54, 1.807) is 17.5 Å². The van der Waals surface area contributed by atoms with Crippen molar-refractivity contribution in [3.63, 3.8) is 0 Å². The molecular formula is C10H11NS. The first-order valence-electron chi connectivity index (χ1n) is 3.72. The highest BCUT2D eigenvalue weighted by molar-refractivity contribution is 7.07. The van der Waals surface area contributed by atoms with E-state index in [9.17, 15) is 0 Å². The molecule has 2 heteroatoms. The molecule has 62 valence electrons. The third-order valence-electron chi connectivity index (χ3n) is 1.35. The smallest absolute Gasteiger partial charge is 0.0594 e. The van der Waals surface area contributed by atoms with Gasteiger partial charge in [0.2, 0.25) is 0 Å². The van der Waals surface area contributed by atoms with Crippen LogP contribution in [0.4, 0.5) is 0 Å². The summed E-state index contributed by atoms with van der Waals surface area (Å²) in [5.41, 5.74) is 0. The van der Waals surface area contributed by atoms with Crippen LogP contribution in [-0.2, 0) is 0 Å². The number of hydrogen-bond acceptors (Lipinski definition) is 2. The second-order valence-electron chi connectivity index (χ2n) is 2.24. The molecule has 0 saturated heterocycles. The summed E-state index contributed by atoms with van der Waals surface area (Å²) >= 11 is 1.60. The normalized spacial score (nSPS) is 10.9. The Kier molecular flexibility index (Phi) is 3.48. The van der Waals surface area contributed by atoms with Crippen LogP contribution in [0.15, 0.2) is 29.8 Å². The van der Waals surface area contributed by atoms with Gasteiger partial charge in [0.05, 0.1) is 5.35 Å². The highest BCUT2D eigenvalue weighted by atomic mass is 32.1. The summed E-state index contributed by atoms with van der Waals surface area (Å²) in [6.07, 6.45) is 3.74.